The maximum absolute atomic E-state index is 12.6. The lowest BCUT2D eigenvalue weighted by atomic mass is 9.86. The molecule has 1 amide bonds. The molecule has 1 aliphatic rings. The van der Waals surface area contributed by atoms with Crippen LogP contribution in [0.5, 0.6) is 0 Å². The Morgan fingerprint density at radius 1 is 1.22 bits per heavy atom. The molecule has 23 heavy (non-hydrogen) atoms. The van der Waals surface area contributed by atoms with Gasteiger partial charge in [0.1, 0.15) is 0 Å². The van der Waals surface area contributed by atoms with E-state index in [0.29, 0.717) is 19.4 Å². The summed E-state index contributed by atoms with van der Waals surface area (Å²) in [6.45, 7) is 0.609. The van der Waals surface area contributed by atoms with Gasteiger partial charge in [-0.15, -0.1) is 0 Å². The van der Waals surface area contributed by atoms with Gasteiger partial charge in [-0.25, -0.2) is 0 Å². The third kappa shape index (κ3) is 4.20. The summed E-state index contributed by atoms with van der Waals surface area (Å²) < 4.78 is 1.84. The van der Waals surface area contributed by atoms with E-state index in [9.17, 15) is 9.90 Å². The van der Waals surface area contributed by atoms with Crippen LogP contribution in [0, 0.1) is 5.92 Å². The van der Waals surface area contributed by atoms with Gasteiger partial charge < -0.3 is 10.4 Å². The normalized spacial score (nSPS) is 22.5. The Balaban J connectivity index is 1.69. The van der Waals surface area contributed by atoms with Gasteiger partial charge in [-0.2, -0.15) is 5.10 Å². The number of nitrogens with zero attached hydrogens (tertiary/aromatic N) is 2. The fourth-order valence-corrected chi connectivity index (χ4v) is 3.14. The number of carbonyl (C=O) groups excluding carboxylic acids is 1. The van der Waals surface area contributed by atoms with Gasteiger partial charge in [-0.3, -0.25) is 9.48 Å². The Labute approximate surface area is 136 Å². The molecular formula is C18H23N3O2. The topological polar surface area (TPSA) is 67.2 Å². The van der Waals surface area contributed by atoms with Crippen molar-refractivity contribution in [2.45, 2.75) is 44.4 Å². The van der Waals surface area contributed by atoms with Crippen molar-refractivity contribution in [1.29, 1.82) is 0 Å². The molecule has 5 heteroatoms. The van der Waals surface area contributed by atoms with E-state index in [0.717, 1.165) is 18.4 Å². The average Bonchev–Trinajstić information content (AvgIpc) is 3.09. The van der Waals surface area contributed by atoms with Crippen molar-refractivity contribution in [3.05, 3.63) is 54.4 Å². The van der Waals surface area contributed by atoms with Crippen LogP contribution >= 0.6 is 0 Å². The lowest BCUT2D eigenvalue weighted by molar-refractivity contribution is -0.127. The second kappa shape index (κ2) is 7.42. The van der Waals surface area contributed by atoms with Crippen LogP contribution in [0.25, 0.3) is 0 Å². The third-order valence-electron chi connectivity index (χ3n) is 4.51. The molecule has 1 unspecified atom stereocenters. The molecule has 1 saturated carbocycles. The van der Waals surface area contributed by atoms with Crippen molar-refractivity contribution in [2.24, 2.45) is 5.92 Å². The molecular weight excluding hydrogens is 290 g/mol. The van der Waals surface area contributed by atoms with Gasteiger partial charge in [0.25, 0.3) is 0 Å². The summed E-state index contributed by atoms with van der Waals surface area (Å²) in [5.41, 5.74) is 1.08. The van der Waals surface area contributed by atoms with Crippen molar-refractivity contribution in [2.75, 3.05) is 0 Å². The number of nitrogens with one attached hydrogen (secondary N) is 1. The van der Waals surface area contributed by atoms with Crippen molar-refractivity contribution in [3.8, 4) is 0 Å². The van der Waals surface area contributed by atoms with E-state index in [1.807, 2.05) is 47.3 Å². The Morgan fingerprint density at radius 3 is 2.61 bits per heavy atom. The minimum Gasteiger partial charge on any atom is -0.393 e. The summed E-state index contributed by atoms with van der Waals surface area (Å²) in [6, 6.07) is 11.8. The van der Waals surface area contributed by atoms with Crippen molar-refractivity contribution >= 4 is 5.91 Å². The minimum absolute atomic E-state index is 0.00207. The fourth-order valence-electron chi connectivity index (χ4n) is 3.14. The lowest BCUT2D eigenvalue weighted by Crippen LogP contribution is -2.38. The maximum Gasteiger partial charge on any atom is 0.223 e. The zero-order chi connectivity index (χ0) is 16.1. The van der Waals surface area contributed by atoms with Crippen LogP contribution < -0.4 is 5.32 Å². The van der Waals surface area contributed by atoms with Crippen LogP contribution in [-0.4, -0.2) is 26.9 Å². The number of aliphatic hydroxyl groups excluding tert-OH is 1. The molecule has 1 aliphatic carbocycles. The Morgan fingerprint density at radius 2 is 1.96 bits per heavy atom. The van der Waals surface area contributed by atoms with Gasteiger partial charge in [0, 0.05) is 18.3 Å². The molecule has 1 heterocycles. The first-order valence-electron chi connectivity index (χ1n) is 8.23. The predicted molar refractivity (Wildman–Crippen MR) is 87.5 cm³/mol. The van der Waals surface area contributed by atoms with Crippen LogP contribution in [0.4, 0.5) is 0 Å². The molecule has 0 saturated heterocycles. The highest BCUT2D eigenvalue weighted by Crippen LogP contribution is 2.25. The summed E-state index contributed by atoms with van der Waals surface area (Å²) in [5, 5.41) is 17.0. The highest BCUT2D eigenvalue weighted by atomic mass is 16.3. The van der Waals surface area contributed by atoms with E-state index in [1.54, 1.807) is 6.20 Å². The SMILES string of the molecule is O=C(NC(Cn1cccn1)c1ccccc1)C1CCC(O)CC1. The van der Waals surface area contributed by atoms with Crippen molar-refractivity contribution in [1.82, 2.24) is 15.1 Å². The molecule has 122 valence electrons. The van der Waals surface area contributed by atoms with Crippen LogP contribution in [0.15, 0.2) is 48.8 Å². The van der Waals surface area contributed by atoms with E-state index < -0.39 is 0 Å². The lowest BCUT2D eigenvalue weighted by Gasteiger charge is -2.27. The summed E-state index contributed by atoms with van der Waals surface area (Å²) in [5.74, 6) is 0.0835. The first-order chi connectivity index (χ1) is 11.2. The zero-order valence-corrected chi connectivity index (χ0v) is 13.1. The molecule has 1 atom stereocenters. The predicted octanol–water partition coefficient (Wildman–Crippen LogP) is 2.29. The van der Waals surface area contributed by atoms with Crippen molar-refractivity contribution in [3.63, 3.8) is 0 Å². The number of amides is 1. The van der Waals surface area contributed by atoms with E-state index in [1.165, 1.54) is 0 Å². The molecule has 2 aromatic rings. The van der Waals surface area contributed by atoms with Gasteiger partial charge in [0.15, 0.2) is 0 Å². The van der Waals surface area contributed by atoms with Gasteiger partial charge >= 0.3 is 0 Å². The summed E-state index contributed by atoms with van der Waals surface area (Å²) in [4.78, 5) is 12.6. The smallest absolute Gasteiger partial charge is 0.223 e. The van der Waals surface area contributed by atoms with Gasteiger partial charge in [-0.1, -0.05) is 30.3 Å². The highest BCUT2D eigenvalue weighted by Gasteiger charge is 2.27. The first-order valence-corrected chi connectivity index (χ1v) is 8.23. The average molecular weight is 313 g/mol. The van der Waals surface area contributed by atoms with Crippen LogP contribution in [0.2, 0.25) is 0 Å². The molecule has 2 N–H and O–H groups in total. The molecule has 1 fully saturated rings. The second-order valence-corrected chi connectivity index (χ2v) is 6.21. The molecule has 3 rings (SSSR count). The number of hydrogen-bond donors (Lipinski definition) is 2. The minimum atomic E-state index is -0.243. The highest BCUT2D eigenvalue weighted by molar-refractivity contribution is 5.79. The molecule has 0 aliphatic heterocycles. The van der Waals surface area contributed by atoms with E-state index in [-0.39, 0.29) is 24.0 Å². The number of carbonyl (C=O) groups is 1. The number of hydrogen-bond acceptors (Lipinski definition) is 3. The number of benzene rings is 1. The molecule has 1 aromatic heterocycles. The standard InChI is InChI=1S/C18H23N3O2/c22-16-9-7-15(8-10-16)18(23)20-17(13-21-12-4-11-19-21)14-5-2-1-3-6-14/h1-6,11-12,15-17,22H,7-10,13H2,(H,20,23). The fraction of sp³-hybridized carbons (Fsp3) is 0.444. The van der Waals surface area contributed by atoms with Gasteiger partial charge in [0.05, 0.1) is 18.7 Å². The van der Waals surface area contributed by atoms with E-state index in [2.05, 4.69) is 10.4 Å². The monoisotopic (exact) mass is 313 g/mol. The largest absolute Gasteiger partial charge is 0.393 e. The molecule has 0 bridgehead atoms. The van der Waals surface area contributed by atoms with E-state index >= 15 is 0 Å². The Hall–Kier alpha value is -2.14. The van der Waals surface area contributed by atoms with Gasteiger partial charge in [0.2, 0.25) is 5.91 Å². The molecule has 0 radical (unpaired) electrons. The number of aliphatic hydroxyl groups is 1. The van der Waals surface area contributed by atoms with Gasteiger partial charge in [-0.05, 0) is 37.3 Å². The van der Waals surface area contributed by atoms with Crippen LogP contribution in [-0.2, 0) is 11.3 Å². The van der Waals surface area contributed by atoms with E-state index in [4.69, 9.17) is 0 Å². The molecule has 0 spiro atoms. The quantitative estimate of drug-likeness (QED) is 0.890. The summed E-state index contributed by atoms with van der Waals surface area (Å²) in [6.07, 6.45) is 6.35. The third-order valence-corrected chi connectivity index (χ3v) is 4.51. The molecule has 1 aromatic carbocycles. The summed E-state index contributed by atoms with van der Waals surface area (Å²) >= 11 is 0. The van der Waals surface area contributed by atoms with Crippen molar-refractivity contribution < 1.29 is 9.90 Å². The zero-order valence-electron chi connectivity index (χ0n) is 13.1. The Kier molecular flexibility index (Phi) is 5.08. The number of aromatic nitrogens is 2. The number of rotatable bonds is 5. The second-order valence-electron chi connectivity index (χ2n) is 6.21. The molecule has 5 nitrogen and oxygen atoms in total. The van der Waals surface area contributed by atoms with Crippen LogP contribution in [0.3, 0.4) is 0 Å². The summed E-state index contributed by atoms with van der Waals surface area (Å²) in [7, 11) is 0. The van der Waals surface area contributed by atoms with Crippen LogP contribution in [0.1, 0.15) is 37.3 Å². The first kappa shape index (κ1) is 15.7. The Bertz CT molecular complexity index is 604. The maximum atomic E-state index is 12.6.